The minimum atomic E-state index is -0.953. The SMILES string of the molecule is CN(C)c1ccccc1-n1ccc(=O)nc1SCC(=O)O. The van der Waals surface area contributed by atoms with Crippen LogP contribution in [0.2, 0.25) is 0 Å². The molecule has 0 aliphatic rings. The monoisotopic (exact) mass is 305 g/mol. The van der Waals surface area contributed by atoms with Crippen LogP contribution >= 0.6 is 11.8 Å². The first kappa shape index (κ1) is 15.1. The van der Waals surface area contributed by atoms with E-state index >= 15 is 0 Å². The summed E-state index contributed by atoms with van der Waals surface area (Å²) < 4.78 is 1.73. The number of benzene rings is 1. The minimum Gasteiger partial charge on any atom is -0.481 e. The molecule has 0 unspecified atom stereocenters. The van der Waals surface area contributed by atoms with Gasteiger partial charge in [-0.05, 0) is 12.1 Å². The number of anilines is 1. The van der Waals surface area contributed by atoms with E-state index in [0.717, 1.165) is 23.1 Å². The molecule has 0 atom stereocenters. The van der Waals surface area contributed by atoms with E-state index in [1.54, 1.807) is 10.8 Å². The predicted octanol–water partition coefficient (Wildman–Crippen LogP) is 1.48. The van der Waals surface area contributed by atoms with Crippen molar-refractivity contribution < 1.29 is 9.90 Å². The van der Waals surface area contributed by atoms with E-state index in [1.165, 1.54) is 6.07 Å². The van der Waals surface area contributed by atoms with Crippen LogP contribution in [0.15, 0.2) is 46.5 Å². The van der Waals surface area contributed by atoms with Crippen LogP contribution in [0.1, 0.15) is 0 Å². The molecule has 0 saturated carbocycles. The molecule has 7 heteroatoms. The van der Waals surface area contributed by atoms with Crippen molar-refractivity contribution in [2.24, 2.45) is 0 Å². The second kappa shape index (κ2) is 6.45. The maximum Gasteiger partial charge on any atom is 0.313 e. The maximum atomic E-state index is 11.4. The smallest absolute Gasteiger partial charge is 0.313 e. The van der Waals surface area contributed by atoms with E-state index in [9.17, 15) is 9.59 Å². The lowest BCUT2D eigenvalue weighted by atomic mass is 10.2. The first-order valence-electron chi connectivity index (χ1n) is 6.20. The third-order valence-electron chi connectivity index (χ3n) is 2.73. The highest BCUT2D eigenvalue weighted by atomic mass is 32.2. The molecule has 0 amide bonds. The number of hydrogen-bond acceptors (Lipinski definition) is 5. The van der Waals surface area contributed by atoms with Crippen LogP contribution in [0.3, 0.4) is 0 Å². The zero-order chi connectivity index (χ0) is 15.4. The van der Waals surface area contributed by atoms with Crippen LogP contribution in [0.25, 0.3) is 5.69 Å². The van der Waals surface area contributed by atoms with E-state index in [4.69, 9.17) is 5.11 Å². The highest BCUT2D eigenvalue weighted by Crippen LogP contribution is 2.26. The van der Waals surface area contributed by atoms with Crippen LogP contribution in [-0.2, 0) is 4.79 Å². The summed E-state index contributed by atoms with van der Waals surface area (Å²) in [7, 11) is 3.83. The Balaban J connectivity index is 2.53. The molecule has 0 fully saturated rings. The first-order valence-corrected chi connectivity index (χ1v) is 7.18. The second-order valence-electron chi connectivity index (χ2n) is 4.48. The number of aromatic nitrogens is 2. The van der Waals surface area contributed by atoms with Crippen molar-refractivity contribution in [3.8, 4) is 5.69 Å². The number of aliphatic carboxylic acids is 1. The largest absolute Gasteiger partial charge is 0.481 e. The lowest BCUT2D eigenvalue weighted by molar-refractivity contribution is -0.133. The average Bonchev–Trinajstić information content (AvgIpc) is 2.45. The summed E-state index contributed by atoms with van der Waals surface area (Å²) >= 11 is 1.02. The Morgan fingerprint density at radius 3 is 2.71 bits per heavy atom. The topological polar surface area (TPSA) is 75.4 Å². The highest BCUT2D eigenvalue weighted by Gasteiger charge is 2.12. The van der Waals surface area contributed by atoms with Crippen molar-refractivity contribution in [1.82, 2.24) is 9.55 Å². The van der Waals surface area contributed by atoms with E-state index in [-0.39, 0.29) is 11.3 Å². The van der Waals surface area contributed by atoms with E-state index < -0.39 is 5.97 Å². The van der Waals surface area contributed by atoms with E-state index in [1.807, 2.05) is 43.3 Å². The van der Waals surface area contributed by atoms with Crippen molar-refractivity contribution in [2.45, 2.75) is 5.16 Å². The molecular weight excluding hydrogens is 290 g/mol. The molecule has 110 valence electrons. The number of carbonyl (C=O) groups is 1. The highest BCUT2D eigenvalue weighted by molar-refractivity contribution is 7.99. The molecule has 0 spiro atoms. The van der Waals surface area contributed by atoms with Crippen LogP contribution < -0.4 is 10.5 Å². The summed E-state index contributed by atoms with van der Waals surface area (Å²) in [6.07, 6.45) is 1.61. The fraction of sp³-hybridized carbons (Fsp3) is 0.214. The Morgan fingerprint density at radius 2 is 2.05 bits per heavy atom. The number of thioether (sulfide) groups is 1. The van der Waals surface area contributed by atoms with Gasteiger partial charge < -0.3 is 10.0 Å². The number of rotatable bonds is 5. The number of hydrogen-bond donors (Lipinski definition) is 1. The quantitative estimate of drug-likeness (QED) is 0.666. The average molecular weight is 305 g/mol. The van der Waals surface area contributed by atoms with Gasteiger partial charge in [0.1, 0.15) is 0 Å². The summed E-state index contributed by atoms with van der Waals surface area (Å²) in [5, 5.41) is 9.16. The standard InChI is InChI=1S/C14H15N3O3S/c1-16(2)10-5-3-4-6-11(10)17-8-7-12(18)15-14(17)21-9-13(19)20/h3-8H,9H2,1-2H3,(H,19,20). The lowest BCUT2D eigenvalue weighted by Gasteiger charge is -2.20. The molecular formula is C14H15N3O3S. The normalized spacial score (nSPS) is 10.4. The zero-order valence-electron chi connectivity index (χ0n) is 11.7. The number of carboxylic acid groups (broad SMARTS) is 1. The summed E-state index contributed by atoms with van der Waals surface area (Å²) in [6.45, 7) is 0. The van der Waals surface area contributed by atoms with Gasteiger partial charge in [0.2, 0.25) is 0 Å². The van der Waals surface area contributed by atoms with Gasteiger partial charge >= 0.3 is 5.97 Å². The Hall–Kier alpha value is -2.28. The fourth-order valence-electron chi connectivity index (χ4n) is 1.84. The van der Waals surface area contributed by atoms with Crippen molar-refractivity contribution in [3.63, 3.8) is 0 Å². The van der Waals surface area contributed by atoms with Crippen LogP contribution in [-0.4, -0.2) is 40.5 Å². The number of carboxylic acids is 1. The van der Waals surface area contributed by atoms with Crippen molar-refractivity contribution in [2.75, 3.05) is 24.7 Å². The maximum absolute atomic E-state index is 11.4. The van der Waals surface area contributed by atoms with E-state index in [2.05, 4.69) is 4.98 Å². The molecule has 1 aromatic heterocycles. The van der Waals surface area contributed by atoms with Gasteiger partial charge in [-0.25, -0.2) is 0 Å². The molecule has 1 N–H and O–H groups in total. The molecule has 21 heavy (non-hydrogen) atoms. The molecule has 1 aromatic carbocycles. The second-order valence-corrected chi connectivity index (χ2v) is 5.43. The van der Waals surface area contributed by atoms with Gasteiger partial charge in [-0.3, -0.25) is 14.2 Å². The van der Waals surface area contributed by atoms with Crippen LogP contribution in [0.4, 0.5) is 5.69 Å². The minimum absolute atomic E-state index is 0.152. The van der Waals surface area contributed by atoms with Gasteiger partial charge in [0, 0.05) is 26.4 Å². The van der Waals surface area contributed by atoms with E-state index in [0.29, 0.717) is 5.16 Å². The van der Waals surface area contributed by atoms with Crippen molar-refractivity contribution in [3.05, 3.63) is 46.9 Å². The Kier molecular flexibility index (Phi) is 4.64. The van der Waals surface area contributed by atoms with Crippen LogP contribution in [0, 0.1) is 0 Å². The third kappa shape index (κ3) is 3.63. The van der Waals surface area contributed by atoms with Crippen molar-refractivity contribution >= 4 is 23.4 Å². The Bertz CT molecular complexity index is 713. The van der Waals surface area contributed by atoms with Gasteiger partial charge in [0.25, 0.3) is 5.56 Å². The molecule has 6 nitrogen and oxygen atoms in total. The molecule has 2 aromatic rings. The van der Waals surface area contributed by atoms with Crippen molar-refractivity contribution in [1.29, 1.82) is 0 Å². The molecule has 1 heterocycles. The lowest BCUT2D eigenvalue weighted by Crippen LogP contribution is -2.16. The fourth-order valence-corrected chi connectivity index (χ4v) is 2.55. The summed E-state index contributed by atoms with van der Waals surface area (Å²) in [5.41, 5.74) is 1.39. The van der Waals surface area contributed by atoms with Crippen LogP contribution in [0.5, 0.6) is 0 Å². The molecule has 0 aliphatic heterocycles. The van der Waals surface area contributed by atoms with Gasteiger partial charge in [0.15, 0.2) is 5.16 Å². The number of nitrogens with zero attached hydrogens (tertiary/aromatic N) is 3. The molecule has 0 radical (unpaired) electrons. The first-order chi connectivity index (χ1) is 9.99. The molecule has 2 rings (SSSR count). The Labute approximate surface area is 126 Å². The van der Waals surface area contributed by atoms with Gasteiger partial charge in [-0.2, -0.15) is 4.98 Å². The van der Waals surface area contributed by atoms with Gasteiger partial charge in [-0.1, -0.05) is 23.9 Å². The molecule has 0 aliphatic carbocycles. The summed E-state index contributed by atoms with van der Waals surface area (Å²) in [5.74, 6) is -1.11. The Morgan fingerprint density at radius 1 is 1.33 bits per heavy atom. The zero-order valence-corrected chi connectivity index (χ0v) is 12.5. The predicted molar refractivity (Wildman–Crippen MR) is 82.5 cm³/mol. The van der Waals surface area contributed by atoms with Gasteiger partial charge in [-0.15, -0.1) is 0 Å². The molecule has 0 saturated heterocycles. The third-order valence-corrected chi connectivity index (χ3v) is 3.66. The molecule has 0 bridgehead atoms. The summed E-state index contributed by atoms with van der Waals surface area (Å²) in [6, 6.07) is 8.99. The van der Waals surface area contributed by atoms with Gasteiger partial charge in [0.05, 0.1) is 17.1 Å². The summed E-state index contributed by atoms with van der Waals surface area (Å²) in [4.78, 5) is 28.0. The number of para-hydroxylation sites is 2.